The summed E-state index contributed by atoms with van der Waals surface area (Å²) >= 11 is 0. The first-order valence-electron chi connectivity index (χ1n) is 7.67. The molecule has 3 nitrogen and oxygen atoms in total. The molecule has 2 N–H and O–H groups in total. The van der Waals surface area contributed by atoms with Gasteiger partial charge in [-0.25, -0.2) is 0 Å². The van der Waals surface area contributed by atoms with E-state index in [9.17, 15) is 0 Å². The van der Waals surface area contributed by atoms with Gasteiger partial charge >= 0.3 is 0 Å². The zero-order valence-corrected chi connectivity index (χ0v) is 15.8. The van der Waals surface area contributed by atoms with Crippen LogP contribution in [0.3, 0.4) is 0 Å². The van der Waals surface area contributed by atoms with Gasteiger partial charge in [-0.1, -0.05) is 30.7 Å². The van der Waals surface area contributed by atoms with Crippen LogP contribution in [-0.4, -0.2) is 30.5 Å². The molecule has 0 spiro atoms. The number of rotatable bonds is 3. The van der Waals surface area contributed by atoms with Gasteiger partial charge in [0.25, 0.3) is 0 Å². The van der Waals surface area contributed by atoms with Crippen molar-refractivity contribution in [2.45, 2.75) is 40.0 Å². The fourth-order valence-corrected chi connectivity index (χ4v) is 2.91. The number of benzene rings is 1. The van der Waals surface area contributed by atoms with Crippen LogP contribution in [0.1, 0.15) is 36.5 Å². The Morgan fingerprint density at radius 3 is 2.81 bits per heavy atom. The van der Waals surface area contributed by atoms with Crippen LogP contribution in [0.5, 0.6) is 0 Å². The van der Waals surface area contributed by atoms with Crippen molar-refractivity contribution in [3.63, 3.8) is 0 Å². The Morgan fingerprint density at radius 1 is 1.38 bits per heavy atom. The minimum Gasteiger partial charge on any atom is -0.370 e. The van der Waals surface area contributed by atoms with E-state index < -0.39 is 0 Å². The summed E-state index contributed by atoms with van der Waals surface area (Å²) in [5, 5.41) is 0. The van der Waals surface area contributed by atoms with Gasteiger partial charge in [-0.05, 0) is 50.2 Å². The van der Waals surface area contributed by atoms with E-state index in [4.69, 9.17) is 5.73 Å². The average Bonchev–Trinajstić information content (AvgIpc) is 2.41. The van der Waals surface area contributed by atoms with E-state index >= 15 is 0 Å². The number of likely N-dealkylation sites (tertiary alicyclic amines) is 1. The molecule has 1 fully saturated rings. The van der Waals surface area contributed by atoms with Crippen molar-refractivity contribution < 1.29 is 0 Å². The number of guanidine groups is 1. The van der Waals surface area contributed by atoms with E-state index in [-0.39, 0.29) is 24.0 Å². The van der Waals surface area contributed by atoms with Gasteiger partial charge in [-0.3, -0.25) is 4.99 Å². The second-order valence-electron chi connectivity index (χ2n) is 6.11. The van der Waals surface area contributed by atoms with Crippen LogP contribution in [0.4, 0.5) is 0 Å². The molecule has 1 atom stereocenters. The SMILES string of the molecule is Cc1ccc(CCN=C(N)N2CCCC(C)C2)c(C)c1.I. The predicted molar refractivity (Wildman–Crippen MR) is 101 cm³/mol. The molecular weight excluding hydrogens is 373 g/mol. The van der Waals surface area contributed by atoms with Crippen LogP contribution in [0.15, 0.2) is 23.2 Å². The molecule has 0 aliphatic carbocycles. The van der Waals surface area contributed by atoms with Gasteiger partial charge in [0.05, 0.1) is 0 Å². The van der Waals surface area contributed by atoms with E-state index in [2.05, 4.69) is 48.9 Å². The van der Waals surface area contributed by atoms with Gasteiger partial charge in [0.1, 0.15) is 0 Å². The largest absolute Gasteiger partial charge is 0.370 e. The van der Waals surface area contributed by atoms with Crippen molar-refractivity contribution >= 4 is 29.9 Å². The maximum atomic E-state index is 6.11. The topological polar surface area (TPSA) is 41.6 Å². The predicted octanol–water partition coefficient (Wildman–Crippen LogP) is 3.51. The van der Waals surface area contributed by atoms with Gasteiger partial charge in [-0.2, -0.15) is 0 Å². The molecule has 0 aromatic heterocycles. The van der Waals surface area contributed by atoms with Crippen LogP contribution in [-0.2, 0) is 6.42 Å². The van der Waals surface area contributed by atoms with E-state index in [1.165, 1.54) is 29.5 Å². The standard InChI is InChI=1S/C17H27N3.HI/c1-13-6-7-16(15(3)11-13)8-9-19-17(18)20-10-4-5-14(2)12-20;/h6-7,11,14H,4-5,8-10,12H2,1-3H3,(H2,18,19);1H. The fourth-order valence-electron chi connectivity index (χ4n) is 2.91. The summed E-state index contributed by atoms with van der Waals surface area (Å²) in [4.78, 5) is 6.79. The first-order valence-corrected chi connectivity index (χ1v) is 7.67. The number of piperidine rings is 1. The van der Waals surface area contributed by atoms with Gasteiger partial charge in [0, 0.05) is 19.6 Å². The molecule has 1 unspecified atom stereocenters. The van der Waals surface area contributed by atoms with Crippen LogP contribution in [0.2, 0.25) is 0 Å². The van der Waals surface area contributed by atoms with E-state index in [1.807, 2.05) is 0 Å². The minimum atomic E-state index is 0. The molecule has 2 rings (SSSR count). The molecule has 4 heteroatoms. The quantitative estimate of drug-likeness (QED) is 0.479. The summed E-state index contributed by atoms with van der Waals surface area (Å²) in [5.41, 5.74) is 10.2. The second-order valence-corrected chi connectivity index (χ2v) is 6.11. The average molecular weight is 401 g/mol. The van der Waals surface area contributed by atoms with Crippen LogP contribution in [0, 0.1) is 19.8 Å². The van der Waals surface area contributed by atoms with Crippen molar-refractivity contribution in [3.05, 3.63) is 34.9 Å². The Hall–Kier alpha value is -0.780. The van der Waals surface area contributed by atoms with Crippen molar-refractivity contribution in [1.82, 2.24) is 4.90 Å². The molecule has 0 amide bonds. The number of aliphatic imine (C=N–C) groups is 1. The Balaban J connectivity index is 0.00000220. The number of hydrogen-bond donors (Lipinski definition) is 1. The van der Waals surface area contributed by atoms with Crippen molar-refractivity contribution in [3.8, 4) is 0 Å². The summed E-state index contributed by atoms with van der Waals surface area (Å²) in [5.74, 6) is 1.46. The molecule has 0 bridgehead atoms. The van der Waals surface area contributed by atoms with Crippen LogP contribution < -0.4 is 5.73 Å². The maximum absolute atomic E-state index is 6.11. The molecule has 0 radical (unpaired) electrons. The highest BCUT2D eigenvalue weighted by Gasteiger charge is 2.17. The third-order valence-electron chi connectivity index (χ3n) is 4.13. The fraction of sp³-hybridized carbons (Fsp3) is 0.588. The van der Waals surface area contributed by atoms with Crippen molar-refractivity contribution in [1.29, 1.82) is 0 Å². The third kappa shape index (κ3) is 5.49. The Kier molecular flexibility index (Phi) is 7.49. The summed E-state index contributed by atoms with van der Waals surface area (Å²) in [6, 6.07) is 6.61. The van der Waals surface area contributed by atoms with Crippen molar-refractivity contribution in [2.24, 2.45) is 16.6 Å². The van der Waals surface area contributed by atoms with E-state index in [1.54, 1.807) is 0 Å². The summed E-state index contributed by atoms with van der Waals surface area (Å²) in [7, 11) is 0. The summed E-state index contributed by atoms with van der Waals surface area (Å²) in [6.45, 7) is 9.48. The zero-order chi connectivity index (χ0) is 14.5. The van der Waals surface area contributed by atoms with Gasteiger partial charge in [-0.15, -0.1) is 24.0 Å². The first kappa shape index (κ1) is 18.3. The van der Waals surface area contributed by atoms with E-state index in [0.29, 0.717) is 0 Å². The highest BCUT2D eigenvalue weighted by molar-refractivity contribution is 14.0. The third-order valence-corrected chi connectivity index (χ3v) is 4.13. The number of halogens is 1. The normalized spacial score (nSPS) is 19.3. The molecular formula is C17H28IN3. The molecule has 21 heavy (non-hydrogen) atoms. The monoisotopic (exact) mass is 401 g/mol. The lowest BCUT2D eigenvalue weighted by Gasteiger charge is -2.31. The molecule has 1 aromatic carbocycles. The Labute approximate surface area is 146 Å². The van der Waals surface area contributed by atoms with Crippen LogP contribution in [0.25, 0.3) is 0 Å². The smallest absolute Gasteiger partial charge is 0.191 e. The molecule has 1 aliphatic heterocycles. The number of aryl methyl sites for hydroxylation is 2. The van der Waals surface area contributed by atoms with Gasteiger partial charge in [0.2, 0.25) is 0 Å². The highest BCUT2D eigenvalue weighted by atomic mass is 127. The van der Waals surface area contributed by atoms with E-state index in [0.717, 1.165) is 37.9 Å². The lowest BCUT2D eigenvalue weighted by molar-refractivity contribution is 0.270. The summed E-state index contributed by atoms with van der Waals surface area (Å²) < 4.78 is 0. The lowest BCUT2D eigenvalue weighted by Crippen LogP contribution is -2.43. The Bertz CT molecular complexity index is 485. The molecule has 1 aromatic rings. The van der Waals surface area contributed by atoms with Crippen molar-refractivity contribution in [2.75, 3.05) is 19.6 Å². The first-order chi connectivity index (χ1) is 9.56. The number of nitrogens with two attached hydrogens (primary N) is 1. The molecule has 118 valence electrons. The minimum absolute atomic E-state index is 0. The molecule has 1 aliphatic rings. The van der Waals surface area contributed by atoms with Gasteiger partial charge < -0.3 is 10.6 Å². The zero-order valence-electron chi connectivity index (χ0n) is 13.4. The van der Waals surface area contributed by atoms with Crippen LogP contribution >= 0.6 is 24.0 Å². The summed E-state index contributed by atoms with van der Waals surface area (Å²) in [6.07, 6.45) is 3.51. The molecule has 1 heterocycles. The highest BCUT2D eigenvalue weighted by Crippen LogP contribution is 2.15. The lowest BCUT2D eigenvalue weighted by atomic mass is 10.0. The number of hydrogen-bond acceptors (Lipinski definition) is 1. The van der Waals surface area contributed by atoms with Gasteiger partial charge in [0.15, 0.2) is 5.96 Å². The number of nitrogens with zero attached hydrogens (tertiary/aromatic N) is 2. The maximum Gasteiger partial charge on any atom is 0.191 e. The molecule has 1 saturated heterocycles. The molecule has 0 saturated carbocycles. The Morgan fingerprint density at radius 2 is 2.14 bits per heavy atom. The second kappa shape index (κ2) is 8.61.